The van der Waals surface area contributed by atoms with Crippen LogP contribution in [0.4, 0.5) is 0 Å². The summed E-state index contributed by atoms with van der Waals surface area (Å²) in [5.41, 5.74) is 0. The Hall–Kier alpha value is -0.0400. The number of hydrogen-bond acceptors (Lipinski definition) is 1. The van der Waals surface area contributed by atoms with Gasteiger partial charge in [0.25, 0.3) is 0 Å². The van der Waals surface area contributed by atoms with Gasteiger partial charge in [0, 0.05) is 12.6 Å². The Morgan fingerprint density at radius 3 is 1.93 bits per heavy atom. The fourth-order valence-corrected chi connectivity index (χ4v) is 4.48. The van der Waals surface area contributed by atoms with Crippen LogP contribution in [0.15, 0.2) is 0 Å². The lowest BCUT2D eigenvalue weighted by molar-refractivity contribution is 0.0341. The molecular weight excluding hydrogens is 182 g/mol. The number of hydrogen-bond donors (Lipinski definition) is 0. The topological polar surface area (TPSA) is 3.24 Å². The third-order valence-electron chi connectivity index (χ3n) is 5.14. The Balaban J connectivity index is 1.73. The van der Waals surface area contributed by atoms with E-state index < -0.39 is 0 Å². The lowest BCUT2D eigenvalue weighted by atomic mass is 9.68. The molecule has 2 aliphatic carbocycles. The molecule has 0 aromatic rings. The number of fused-ring (bicyclic) bond motifs is 2. The summed E-state index contributed by atoms with van der Waals surface area (Å²) < 4.78 is 0. The van der Waals surface area contributed by atoms with Gasteiger partial charge in [0.05, 0.1) is 0 Å². The van der Waals surface area contributed by atoms with Gasteiger partial charge in [-0.3, -0.25) is 4.90 Å². The van der Waals surface area contributed by atoms with Gasteiger partial charge in [-0.2, -0.15) is 0 Å². The van der Waals surface area contributed by atoms with Gasteiger partial charge < -0.3 is 0 Å². The van der Waals surface area contributed by atoms with E-state index in [4.69, 9.17) is 0 Å². The van der Waals surface area contributed by atoms with Crippen molar-refractivity contribution in [1.29, 1.82) is 0 Å². The van der Waals surface area contributed by atoms with Crippen LogP contribution in [-0.4, -0.2) is 24.0 Å². The van der Waals surface area contributed by atoms with Crippen LogP contribution in [0, 0.1) is 17.8 Å². The van der Waals surface area contributed by atoms with Crippen molar-refractivity contribution in [3.8, 4) is 0 Å². The van der Waals surface area contributed by atoms with Crippen LogP contribution >= 0.6 is 0 Å². The van der Waals surface area contributed by atoms with Crippen molar-refractivity contribution in [2.45, 2.75) is 57.9 Å². The van der Waals surface area contributed by atoms with E-state index in [1.54, 1.807) is 0 Å². The maximum atomic E-state index is 2.86. The Morgan fingerprint density at radius 1 is 0.867 bits per heavy atom. The van der Waals surface area contributed by atoms with E-state index in [-0.39, 0.29) is 0 Å². The van der Waals surface area contributed by atoms with Crippen LogP contribution < -0.4 is 0 Å². The van der Waals surface area contributed by atoms with Crippen LogP contribution in [0.25, 0.3) is 0 Å². The summed E-state index contributed by atoms with van der Waals surface area (Å²) in [7, 11) is 0. The van der Waals surface area contributed by atoms with E-state index >= 15 is 0 Å². The Morgan fingerprint density at radius 2 is 1.47 bits per heavy atom. The van der Waals surface area contributed by atoms with Gasteiger partial charge in [0.1, 0.15) is 0 Å². The van der Waals surface area contributed by atoms with Gasteiger partial charge in [-0.25, -0.2) is 0 Å². The Bertz CT molecular complexity index is 203. The molecule has 1 heteroatoms. The van der Waals surface area contributed by atoms with Gasteiger partial charge in [0.15, 0.2) is 0 Å². The molecule has 2 bridgehead atoms. The molecule has 0 N–H and O–H groups in total. The molecule has 3 fully saturated rings. The van der Waals surface area contributed by atoms with Crippen LogP contribution in [0.3, 0.4) is 0 Å². The number of rotatable bonds is 1. The first kappa shape index (κ1) is 10.1. The summed E-state index contributed by atoms with van der Waals surface area (Å²) in [6, 6.07) is 0.998. The predicted octanol–water partition coefficient (Wildman–Crippen LogP) is 3.30. The molecule has 0 spiro atoms. The molecule has 1 saturated heterocycles. The smallest absolute Gasteiger partial charge is 0.0152 e. The highest BCUT2D eigenvalue weighted by molar-refractivity contribution is 4.94. The van der Waals surface area contributed by atoms with Gasteiger partial charge >= 0.3 is 0 Å². The van der Waals surface area contributed by atoms with E-state index in [0.29, 0.717) is 0 Å². The van der Waals surface area contributed by atoms with Crippen molar-refractivity contribution < 1.29 is 0 Å². The predicted molar refractivity (Wildman–Crippen MR) is 63.8 cm³/mol. The zero-order valence-electron chi connectivity index (χ0n) is 10.1. The van der Waals surface area contributed by atoms with E-state index in [0.717, 1.165) is 23.8 Å². The average molecular weight is 207 g/mol. The summed E-state index contributed by atoms with van der Waals surface area (Å²) in [5.74, 6) is 3.11. The highest BCUT2D eigenvalue weighted by Crippen LogP contribution is 2.43. The van der Waals surface area contributed by atoms with Crippen molar-refractivity contribution in [2.24, 2.45) is 17.8 Å². The highest BCUT2D eigenvalue weighted by atomic mass is 15.2. The quantitative estimate of drug-likeness (QED) is 0.637. The highest BCUT2D eigenvalue weighted by Gasteiger charge is 2.41. The van der Waals surface area contributed by atoms with Crippen molar-refractivity contribution >= 4 is 0 Å². The summed E-state index contributed by atoms with van der Waals surface area (Å²) in [6.45, 7) is 5.23. The van der Waals surface area contributed by atoms with Crippen molar-refractivity contribution in [3.63, 3.8) is 0 Å². The summed E-state index contributed by atoms with van der Waals surface area (Å²) >= 11 is 0. The molecule has 3 aliphatic rings. The fraction of sp³-hybridized carbons (Fsp3) is 1.00. The number of nitrogens with zero attached hydrogens (tertiary/aromatic N) is 1. The summed E-state index contributed by atoms with van der Waals surface area (Å²) in [5, 5.41) is 0. The Kier molecular flexibility index (Phi) is 2.76. The van der Waals surface area contributed by atoms with Crippen LogP contribution in [0.5, 0.6) is 0 Å². The molecule has 1 atom stereocenters. The van der Waals surface area contributed by atoms with Crippen molar-refractivity contribution in [1.82, 2.24) is 4.90 Å². The second-order valence-electron chi connectivity index (χ2n) is 6.26. The molecule has 86 valence electrons. The molecule has 0 radical (unpaired) electrons. The first-order valence-corrected chi connectivity index (χ1v) is 7.08. The van der Waals surface area contributed by atoms with E-state index in [2.05, 4.69) is 11.8 Å². The monoisotopic (exact) mass is 207 g/mol. The molecule has 0 aromatic carbocycles. The molecule has 2 saturated carbocycles. The largest absolute Gasteiger partial charge is 0.300 e. The molecule has 1 nitrogen and oxygen atoms in total. The van der Waals surface area contributed by atoms with Gasteiger partial charge in [-0.1, -0.05) is 19.8 Å². The standard InChI is InChI=1S/C14H25N/c1-11-8-9-15(10-11)14-12-4-2-5-13(14)7-3-6-12/h11-14H,2-10H2,1H3. The zero-order valence-corrected chi connectivity index (χ0v) is 10.1. The molecule has 0 aromatic heterocycles. The minimum absolute atomic E-state index is 0.965. The normalized spacial score (nSPS) is 47.0. The van der Waals surface area contributed by atoms with Crippen molar-refractivity contribution in [2.75, 3.05) is 13.1 Å². The van der Waals surface area contributed by atoms with E-state index in [9.17, 15) is 0 Å². The second-order valence-corrected chi connectivity index (χ2v) is 6.26. The van der Waals surface area contributed by atoms with Gasteiger partial charge in [-0.05, 0) is 56.4 Å². The molecule has 1 heterocycles. The molecular formula is C14H25N. The lowest BCUT2D eigenvalue weighted by Gasteiger charge is -2.47. The first-order valence-electron chi connectivity index (χ1n) is 7.08. The van der Waals surface area contributed by atoms with Gasteiger partial charge in [-0.15, -0.1) is 0 Å². The van der Waals surface area contributed by atoms with Crippen LogP contribution in [-0.2, 0) is 0 Å². The van der Waals surface area contributed by atoms with Crippen molar-refractivity contribution in [3.05, 3.63) is 0 Å². The molecule has 3 rings (SSSR count). The molecule has 15 heavy (non-hydrogen) atoms. The zero-order chi connectivity index (χ0) is 10.3. The van der Waals surface area contributed by atoms with E-state index in [1.165, 1.54) is 58.0 Å². The van der Waals surface area contributed by atoms with E-state index in [1.807, 2.05) is 0 Å². The SMILES string of the molecule is CC1CCN(C2C3CCCC2CCC3)C1. The van der Waals surface area contributed by atoms with Crippen LogP contribution in [0.1, 0.15) is 51.9 Å². The average Bonchev–Trinajstić information content (AvgIpc) is 2.63. The third-order valence-corrected chi connectivity index (χ3v) is 5.14. The second kappa shape index (κ2) is 4.08. The number of likely N-dealkylation sites (tertiary alicyclic amines) is 1. The maximum absolute atomic E-state index is 2.86. The lowest BCUT2D eigenvalue weighted by Crippen LogP contribution is -2.48. The van der Waals surface area contributed by atoms with Crippen LogP contribution in [0.2, 0.25) is 0 Å². The minimum atomic E-state index is 0.965. The van der Waals surface area contributed by atoms with Gasteiger partial charge in [0.2, 0.25) is 0 Å². The molecule has 1 aliphatic heterocycles. The molecule has 1 unspecified atom stereocenters. The first-order chi connectivity index (χ1) is 7.34. The summed E-state index contributed by atoms with van der Waals surface area (Å²) in [4.78, 5) is 2.86. The fourth-order valence-electron chi connectivity index (χ4n) is 4.48. The third kappa shape index (κ3) is 1.84. The summed E-state index contributed by atoms with van der Waals surface area (Å²) in [6.07, 6.45) is 10.6. The Labute approximate surface area is 94.2 Å². The molecule has 0 amide bonds. The minimum Gasteiger partial charge on any atom is -0.300 e. The maximum Gasteiger partial charge on any atom is 0.0152 e.